The summed E-state index contributed by atoms with van der Waals surface area (Å²) >= 11 is 0. The highest BCUT2D eigenvalue weighted by Gasteiger charge is 2.25. The average Bonchev–Trinajstić information content (AvgIpc) is 3.40. The highest BCUT2D eigenvalue weighted by Crippen LogP contribution is 2.38. The first-order chi connectivity index (χ1) is 13.1. The average molecular weight is 367 g/mol. The highest BCUT2D eigenvalue weighted by atomic mass is 16.7. The number of carbonyl (C=O) groups excluding carboxylic acids is 2. The third kappa shape index (κ3) is 3.75. The molecule has 0 saturated carbocycles. The third-order valence-corrected chi connectivity index (χ3v) is 5.62. The zero-order chi connectivity index (χ0) is 18.8. The summed E-state index contributed by atoms with van der Waals surface area (Å²) in [6, 6.07) is 2.36. The van der Waals surface area contributed by atoms with Crippen LogP contribution in [0.15, 0.2) is 24.8 Å². The first-order valence-electron chi connectivity index (χ1n) is 9.78. The number of imidazole rings is 1. The summed E-state index contributed by atoms with van der Waals surface area (Å²) in [5, 5.41) is 3.18. The molecule has 2 aliphatic carbocycles. The largest absolute Gasteiger partial charge is 0.335 e. The summed E-state index contributed by atoms with van der Waals surface area (Å²) in [7, 11) is 0. The topological polar surface area (TPSA) is 73.2 Å². The van der Waals surface area contributed by atoms with Gasteiger partial charge < -0.3 is 10.2 Å². The van der Waals surface area contributed by atoms with E-state index in [0.717, 1.165) is 44.2 Å². The zero-order valence-corrected chi connectivity index (χ0v) is 15.7. The molecule has 1 heterocycles. The summed E-state index contributed by atoms with van der Waals surface area (Å²) in [5.41, 5.74) is 6.54. The molecule has 2 aromatic rings. The number of hydrogen-bond donors (Lipinski definition) is 1. The van der Waals surface area contributed by atoms with Gasteiger partial charge in [0.05, 0.1) is 12.1 Å². The maximum absolute atomic E-state index is 12.6. The molecule has 1 aromatic heterocycles. The second-order valence-corrected chi connectivity index (χ2v) is 7.55. The number of nitrogens with zero attached hydrogens (tertiary/aromatic N) is 2. The van der Waals surface area contributed by atoms with Crippen molar-refractivity contribution in [2.45, 2.75) is 58.3 Å². The van der Waals surface area contributed by atoms with Crippen molar-refractivity contribution >= 4 is 17.6 Å². The number of amides is 1. The number of aromatic nitrogens is 2. The van der Waals surface area contributed by atoms with Gasteiger partial charge in [0.15, 0.2) is 0 Å². The molecule has 0 fully saturated rings. The van der Waals surface area contributed by atoms with Gasteiger partial charge in [-0.15, -0.1) is 0 Å². The Labute approximate surface area is 158 Å². The Bertz CT molecular complexity index is 826. The van der Waals surface area contributed by atoms with E-state index in [0.29, 0.717) is 12.8 Å². The number of aryl methyl sites for hydroxylation is 2. The fraction of sp³-hybridized carbons (Fsp3) is 0.476. The molecule has 6 nitrogen and oxygen atoms in total. The molecule has 0 saturated heterocycles. The molecule has 0 bridgehead atoms. The summed E-state index contributed by atoms with van der Waals surface area (Å²) in [6.07, 6.45) is 11.9. The van der Waals surface area contributed by atoms with Crippen molar-refractivity contribution in [3.8, 4) is 0 Å². The number of carbonyl (C=O) groups is 2. The van der Waals surface area contributed by atoms with Crippen LogP contribution < -0.4 is 10.2 Å². The number of anilines is 1. The summed E-state index contributed by atoms with van der Waals surface area (Å²) in [6.45, 7) is 1.78. The van der Waals surface area contributed by atoms with Gasteiger partial charge in [0.1, 0.15) is 6.33 Å². The van der Waals surface area contributed by atoms with E-state index in [9.17, 15) is 9.59 Å². The van der Waals surface area contributed by atoms with Gasteiger partial charge in [0.2, 0.25) is 5.91 Å². The molecule has 0 spiro atoms. The fourth-order valence-electron chi connectivity index (χ4n) is 4.13. The first-order valence-corrected chi connectivity index (χ1v) is 9.78. The van der Waals surface area contributed by atoms with Crippen LogP contribution in [-0.4, -0.2) is 21.6 Å². The van der Waals surface area contributed by atoms with Crippen molar-refractivity contribution in [1.29, 1.82) is 0 Å². The molecule has 1 atom stereocenters. The van der Waals surface area contributed by atoms with Crippen molar-refractivity contribution in [1.82, 2.24) is 9.71 Å². The quantitative estimate of drug-likeness (QED) is 0.852. The van der Waals surface area contributed by atoms with Crippen molar-refractivity contribution in [2.75, 3.05) is 5.32 Å². The Morgan fingerprint density at radius 1 is 1.19 bits per heavy atom. The number of hydrogen-bond acceptors (Lipinski definition) is 4. The minimum absolute atomic E-state index is 0.0216. The lowest BCUT2D eigenvalue weighted by atomic mass is 9.98. The Morgan fingerprint density at radius 3 is 2.52 bits per heavy atom. The Kier molecular flexibility index (Phi) is 4.97. The summed E-state index contributed by atoms with van der Waals surface area (Å²) < 4.78 is 1.27. The molecule has 0 aliphatic heterocycles. The molecule has 142 valence electrons. The number of nitrogens with one attached hydrogen (secondary N) is 1. The van der Waals surface area contributed by atoms with Crippen molar-refractivity contribution in [2.24, 2.45) is 5.92 Å². The van der Waals surface area contributed by atoms with E-state index in [1.165, 1.54) is 33.3 Å². The molecule has 2 aliphatic rings. The van der Waals surface area contributed by atoms with Gasteiger partial charge in [0.25, 0.3) is 0 Å². The molecule has 1 unspecified atom stereocenters. The Hall–Kier alpha value is -2.63. The van der Waals surface area contributed by atoms with Gasteiger partial charge in [-0.2, -0.15) is 4.73 Å². The predicted octanol–water partition coefficient (Wildman–Crippen LogP) is 2.87. The van der Waals surface area contributed by atoms with Crippen molar-refractivity contribution in [3.63, 3.8) is 0 Å². The van der Waals surface area contributed by atoms with Gasteiger partial charge in [-0.3, -0.25) is 4.79 Å². The van der Waals surface area contributed by atoms with Crippen molar-refractivity contribution < 1.29 is 14.4 Å². The molecule has 4 rings (SSSR count). The van der Waals surface area contributed by atoms with Gasteiger partial charge in [0, 0.05) is 18.3 Å². The fourth-order valence-corrected chi connectivity index (χ4v) is 4.13. The molecule has 1 N–H and O–H groups in total. The molecular weight excluding hydrogens is 342 g/mol. The van der Waals surface area contributed by atoms with E-state index in [1.807, 2.05) is 0 Å². The maximum atomic E-state index is 12.6. The third-order valence-electron chi connectivity index (χ3n) is 5.62. The summed E-state index contributed by atoms with van der Waals surface area (Å²) in [4.78, 5) is 33.7. The van der Waals surface area contributed by atoms with Crippen LogP contribution in [-0.2, 0) is 35.3 Å². The molecule has 1 amide bonds. The normalized spacial score (nSPS) is 15.9. The minimum atomic E-state index is -0.359. The van der Waals surface area contributed by atoms with Crippen LogP contribution >= 0.6 is 0 Å². The van der Waals surface area contributed by atoms with E-state index in [-0.39, 0.29) is 17.8 Å². The standard InChI is InChI=1S/C21H25N3O3/c1-14(21(26)27-24-11-10-22-13-24)8-9-19(25)23-20-17-6-2-4-15(17)12-16-5-3-7-18(16)20/h10-14H,2-9H2,1H3,(H,23,25). The highest BCUT2D eigenvalue weighted by molar-refractivity contribution is 5.93. The van der Waals surface area contributed by atoms with E-state index < -0.39 is 0 Å². The second-order valence-electron chi connectivity index (χ2n) is 7.55. The minimum Gasteiger partial charge on any atom is -0.335 e. The summed E-state index contributed by atoms with van der Waals surface area (Å²) in [5.74, 6) is -0.737. The Morgan fingerprint density at radius 2 is 1.89 bits per heavy atom. The molecule has 1 aromatic carbocycles. The van der Waals surface area contributed by atoms with Crippen LogP contribution in [0.3, 0.4) is 0 Å². The first kappa shape index (κ1) is 17.8. The van der Waals surface area contributed by atoms with E-state index in [4.69, 9.17) is 4.84 Å². The SMILES string of the molecule is CC(CCC(=O)Nc1c2c(cc3c1CCC3)CCC2)C(=O)On1ccnc1. The van der Waals surface area contributed by atoms with Crippen LogP contribution in [0.1, 0.15) is 54.9 Å². The predicted molar refractivity (Wildman–Crippen MR) is 101 cm³/mol. The van der Waals surface area contributed by atoms with Gasteiger partial charge >= 0.3 is 5.97 Å². The van der Waals surface area contributed by atoms with Gasteiger partial charge in [-0.1, -0.05) is 13.0 Å². The molecule has 6 heteroatoms. The van der Waals surface area contributed by atoms with Crippen LogP contribution in [0, 0.1) is 5.92 Å². The molecule has 27 heavy (non-hydrogen) atoms. The van der Waals surface area contributed by atoms with Crippen LogP contribution in [0.5, 0.6) is 0 Å². The van der Waals surface area contributed by atoms with E-state index in [2.05, 4.69) is 16.4 Å². The number of fused-ring (bicyclic) bond motifs is 2. The number of benzene rings is 1. The van der Waals surface area contributed by atoms with Crippen LogP contribution in [0.4, 0.5) is 5.69 Å². The van der Waals surface area contributed by atoms with Crippen LogP contribution in [0.2, 0.25) is 0 Å². The number of rotatable bonds is 6. The zero-order valence-electron chi connectivity index (χ0n) is 15.7. The van der Waals surface area contributed by atoms with E-state index in [1.54, 1.807) is 19.3 Å². The lowest BCUT2D eigenvalue weighted by Crippen LogP contribution is -2.26. The van der Waals surface area contributed by atoms with Crippen LogP contribution in [0.25, 0.3) is 0 Å². The monoisotopic (exact) mass is 367 g/mol. The van der Waals surface area contributed by atoms with Gasteiger partial charge in [-0.25, -0.2) is 9.78 Å². The maximum Gasteiger partial charge on any atom is 0.335 e. The van der Waals surface area contributed by atoms with Crippen molar-refractivity contribution in [3.05, 3.63) is 47.0 Å². The molecular formula is C21H25N3O3. The smallest absolute Gasteiger partial charge is 0.335 e. The lowest BCUT2D eigenvalue weighted by molar-refractivity contribution is -0.148. The second kappa shape index (κ2) is 7.55. The Balaban J connectivity index is 1.37. The molecule has 0 radical (unpaired) electrons. The van der Waals surface area contributed by atoms with E-state index >= 15 is 0 Å². The lowest BCUT2D eigenvalue weighted by Gasteiger charge is -2.16. The van der Waals surface area contributed by atoms with Gasteiger partial charge in [-0.05, 0) is 67.2 Å².